The first-order valence-corrected chi connectivity index (χ1v) is 5.96. The maximum atomic E-state index is 5.46. The Balaban J connectivity index is 0.00000110. The number of halogens is 1. The fourth-order valence-corrected chi connectivity index (χ4v) is 2.44. The van der Waals surface area contributed by atoms with E-state index in [-0.39, 0.29) is 12.4 Å². The van der Waals surface area contributed by atoms with Gasteiger partial charge in [-0.3, -0.25) is 4.99 Å². The molecule has 4 nitrogen and oxygen atoms in total. The van der Waals surface area contributed by atoms with Crippen LogP contribution in [0.4, 0.5) is 0 Å². The molecular weight excluding hydrogens is 266 g/mol. The highest BCUT2D eigenvalue weighted by Gasteiger charge is 2.23. The fourth-order valence-electron chi connectivity index (χ4n) is 2.44. The van der Waals surface area contributed by atoms with E-state index in [4.69, 9.17) is 14.2 Å². The number of fused-ring (bicyclic) bond motifs is 2. The first-order valence-electron chi connectivity index (χ1n) is 5.96. The van der Waals surface area contributed by atoms with Gasteiger partial charge >= 0.3 is 0 Å². The molecule has 2 aromatic rings. The average molecular weight is 278 g/mol. The van der Waals surface area contributed by atoms with Gasteiger partial charge in [0.05, 0.1) is 6.26 Å². The van der Waals surface area contributed by atoms with Crippen LogP contribution in [-0.4, -0.2) is 12.3 Å². The number of benzene rings is 1. The maximum Gasteiger partial charge on any atom is 0.171 e. The Morgan fingerprint density at radius 2 is 2.11 bits per heavy atom. The van der Waals surface area contributed by atoms with E-state index in [0.717, 1.165) is 41.3 Å². The molecule has 5 heteroatoms. The fraction of sp³-hybridized carbons (Fsp3) is 0.214. The van der Waals surface area contributed by atoms with Crippen LogP contribution < -0.4 is 4.89 Å². The Labute approximate surface area is 116 Å². The number of hydrogen-bond acceptors (Lipinski definition) is 4. The van der Waals surface area contributed by atoms with Crippen molar-refractivity contribution in [3.05, 3.63) is 53.0 Å². The molecule has 0 unspecified atom stereocenters. The zero-order chi connectivity index (χ0) is 11.9. The van der Waals surface area contributed by atoms with Gasteiger partial charge in [0, 0.05) is 17.7 Å². The molecule has 0 aliphatic carbocycles. The van der Waals surface area contributed by atoms with E-state index >= 15 is 0 Å². The van der Waals surface area contributed by atoms with Crippen LogP contribution >= 0.6 is 12.4 Å². The van der Waals surface area contributed by atoms with Gasteiger partial charge in [0.2, 0.25) is 0 Å². The Bertz CT molecular complexity index is 634. The van der Waals surface area contributed by atoms with Crippen LogP contribution in [-0.2, 0) is 17.9 Å². The van der Waals surface area contributed by atoms with Gasteiger partial charge in [0.25, 0.3) is 0 Å². The zero-order valence-corrected chi connectivity index (χ0v) is 10.9. The number of aliphatic imine (C=N–C) groups is 1. The SMILES string of the molecule is Cl.c1coc(C2=NCCc3cc4c(cc32)COO4)c1. The third kappa shape index (κ3) is 1.93. The van der Waals surface area contributed by atoms with Gasteiger partial charge in [-0.1, -0.05) is 0 Å². The highest BCUT2D eigenvalue weighted by Crippen LogP contribution is 2.32. The largest absolute Gasteiger partial charge is 0.463 e. The number of hydrogen-bond donors (Lipinski definition) is 0. The Hall–Kier alpha value is -1.78. The lowest BCUT2D eigenvalue weighted by molar-refractivity contribution is -0.194. The number of rotatable bonds is 1. The number of furan rings is 1. The van der Waals surface area contributed by atoms with E-state index in [1.54, 1.807) is 6.26 Å². The molecular formula is C14H12ClNO3. The molecule has 1 aromatic carbocycles. The lowest BCUT2D eigenvalue weighted by Gasteiger charge is -2.16. The summed E-state index contributed by atoms with van der Waals surface area (Å²) in [5, 5.41) is 0. The predicted octanol–water partition coefficient (Wildman–Crippen LogP) is 2.92. The molecule has 0 atom stereocenters. The third-order valence-electron chi connectivity index (χ3n) is 3.31. The minimum absolute atomic E-state index is 0. The van der Waals surface area contributed by atoms with E-state index in [1.165, 1.54) is 5.56 Å². The summed E-state index contributed by atoms with van der Waals surface area (Å²) in [4.78, 5) is 14.7. The molecule has 3 heterocycles. The second-order valence-electron chi connectivity index (χ2n) is 4.42. The zero-order valence-electron chi connectivity index (χ0n) is 10.1. The lowest BCUT2D eigenvalue weighted by Crippen LogP contribution is -2.14. The molecule has 0 bridgehead atoms. The van der Waals surface area contributed by atoms with Crippen molar-refractivity contribution in [1.82, 2.24) is 0 Å². The van der Waals surface area contributed by atoms with Crippen LogP contribution in [0.25, 0.3) is 0 Å². The van der Waals surface area contributed by atoms with Crippen LogP contribution in [0.5, 0.6) is 5.75 Å². The topological polar surface area (TPSA) is 44.0 Å². The monoisotopic (exact) mass is 277 g/mol. The quantitative estimate of drug-likeness (QED) is 0.753. The Kier molecular flexibility index (Phi) is 3.05. The summed E-state index contributed by atoms with van der Waals surface area (Å²) in [6.45, 7) is 1.27. The second kappa shape index (κ2) is 4.72. The summed E-state index contributed by atoms with van der Waals surface area (Å²) in [7, 11) is 0. The molecule has 2 aliphatic rings. The van der Waals surface area contributed by atoms with Gasteiger partial charge < -0.3 is 9.30 Å². The average Bonchev–Trinajstić information content (AvgIpc) is 3.06. The standard InChI is InChI=1S/C14H11NO3.ClH/c1-2-12(16-5-1)14-11-6-10-8-17-18-13(10)7-9(11)3-4-15-14;/h1-2,5-7H,3-4,8H2;1H. The van der Waals surface area contributed by atoms with E-state index in [9.17, 15) is 0 Å². The molecule has 0 radical (unpaired) electrons. The van der Waals surface area contributed by atoms with Gasteiger partial charge in [0.1, 0.15) is 12.3 Å². The molecule has 1 aromatic heterocycles. The molecule has 0 saturated carbocycles. The molecule has 19 heavy (non-hydrogen) atoms. The van der Waals surface area contributed by atoms with Gasteiger partial charge in [-0.05, 0) is 36.2 Å². The van der Waals surface area contributed by atoms with Crippen molar-refractivity contribution in [2.45, 2.75) is 13.0 Å². The van der Waals surface area contributed by atoms with Crippen molar-refractivity contribution >= 4 is 18.1 Å². The molecule has 0 N–H and O–H groups in total. The molecule has 2 aliphatic heterocycles. The molecule has 0 fully saturated rings. The third-order valence-corrected chi connectivity index (χ3v) is 3.31. The van der Waals surface area contributed by atoms with Gasteiger partial charge in [0.15, 0.2) is 11.5 Å². The van der Waals surface area contributed by atoms with Crippen molar-refractivity contribution < 1.29 is 14.2 Å². The smallest absolute Gasteiger partial charge is 0.171 e. The summed E-state index contributed by atoms with van der Waals surface area (Å²) in [6, 6.07) is 7.97. The summed E-state index contributed by atoms with van der Waals surface area (Å²) >= 11 is 0. The first kappa shape index (κ1) is 12.3. The van der Waals surface area contributed by atoms with Gasteiger partial charge in [-0.2, -0.15) is 4.89 Å². The van der Waals surface area contributed by atoms with E-state index in [2.05, 4.69) is 17.1 Å². The van der Waals surface area contributed by atoms with Gasteiger partial charge in [-0.25, -0.2) is 0 Å². The van der Waals surface area contributed by atoms with Crippen molar-refractivity contribution in [3.63, 3.8) is 0 Å². The summed E-state index contributed by atoms with van der Waals surface area (Å²) in [6.07, 6.45) is 2.60. The summed E-state index contributed by atoms with van der Waals surface area (Å²) in [5.74, 6) is 1.64. The van der Waals surface area contributed by atoms with Crippen molar-refractivity contribution in [1.29, 1.82) is 0 Å². The predicted molar refractivity (Wildman–Crippen MR) is 72.0 cm³/mol. The molecule has 0 amide bonds. The van der Waals surface area contributed by atoms with Crippen molar-refractivity contribution in [2.75, 3.05) is 6.54 Å². The van der Waals surface area contributed by atoms with Crippen molar-refractivity contribution in [3.8, 4) is 5.75 Å². The van der Waals surface area contributed by atoms with E-state index in [0.29, 0.717) is 6.61 Å². The minimum atomic E-state index is 0. The number of nitrogens with zero attached hydrogens (tertiary/aromatic N) is 1. The molecule has 98 valence electrons. The lowest BCUT2D eigenvalue weighted by atomic mass is 9.94. The minimum Gasteiger partial charge on any atom is -0.463 e. The van der Waals surface area contributed by atoms with Crippen LogP contribution in [0.15, 0.2) is 39.9 Å². The normalized spacial score (nSPS) is 15.9. The van der Waals surface area contributed by atoms with Crippen LogP contribution in [0.3, 0.4) is 0 Å². The molecule has 4 rings (SSSR count). The summed E-state index contributed by atoms with van der Waals surface area (Å²) in [5.41, 5.74) is 4.36. The van der Waals surface area contributed by atoms with Crippen LogP contribution in [0.2, 0.25) is 0 Å². The van der Waals surface area contributed by atoms with E-state index < -0.39 is 0 Å². The van der Waals surface area contributed by atoms with Gasteiger partial charge in [-0.15, -0.1) is 12.4 Å². The maximum absolute atomic E-state index is 5.46. The Morgan fingerprint density at radius 3 is 2.95 bits per heavy atom. The first-order chi connectivity index (χ1) is 8.92. The second-order valence-corrected chi connectivity index (χ2v) is 4.42. The van der Waals surface area contributed by atoms with Crippen LogP contribution in [0.1, 0.15) is 22.5 Å². The summed E-state index contributed by atoms with van der Waals surface area (Å²) < 4.78 is 5.46. The van der Waals surface area contributed by atoms with Crippen LogP contribution in [0, 0.1) is 0 Å². The highest BCUT2D eigenvalue weighted by molar-refractivity contribution is 6.12. The Morgan fingerprint density at radius 1 is 1.16 bits per heavy atom. The molecule has 0 saturated heterocycles. The van der Waals surface area contributed by atoms with Crippen molar-refractivity contribution in [2.24, 2.45) is 4.99 Å². The highest BCUT2D eigenvalue weighted by atomic mass is 35.5. The molecule has 0 spiro atoms. The van der Waals surface area contributed by atoms with E-state index in [1.807, 2.05) is 12.1 Å².